The first-order valence-electron chi connectivity index (χ1n) is 16.0. The fraction of sp³-hybridized carbons (Fsp3) is 0.514. The highest BCUT2D eigenvalue weighted by atomic mass is 32.1. The number of piperidine rings is 1. The fourth-order valence-corrected chi connectivity index (χ4v) is 6.40. The number of carbonyl (C=O) groups is 2. The van der Waals surface area contributed by atoms with Gasteiger partial charge in [0.1, 0.15) is 5.82 Å². The number of fused-ring (bicyclic) bond motifs is 1. The van der Waals surface area contributed by atoms with E-state index in [0.717, 1.165) is 80.8 Å². The van der Waals surface area contributed by atoms with Gasteiger partial charge < -0.3 is 20.1 Å². The van der Waals surface area contributed by atoms with Crippen LogP contribution in [0.3, 0.4) is 0 Å². The second kappa shape index (κ2) is 15.9. The molecule has 236 valence electrons. The number of hydrogen-bond donors (Lipinski definition) is 2. The molecule has 3 aromatic rings. The van der Waals surface area contributed by atoms with Crippen LogP contribution in [-0.4, -0.2) is 51.9 Å². The first kappa shape index (κ1) is 32.5. The van der Waals surface area contributed by atoms with Crippen molar-refractivity contribution in [3.8, 4) is 0 Å². The molecule has 1 aliphatic carbocycles. The number of nitrogens with zero attached hydrogens (tertiary/aromatic N) is 3. The van der Waals surface area contributed by atoms with Crippen molar-refractivity contribution in [2.75, 3.05) is 19.6 Å². The molecule has 2 aliphatic rings. The molecule has 2 N–H and O–H groups in total. The predicted molar refractivity (Wildman–Crippen MR) is 183 cm³/mol. The van der Waals surface area contributed by atoms with Crippen LogP contribution in [0.5, 0.6) is 0 Å². The van der Waals surface area contributed by atoms with Gasteiger partial charge in [0.15, 0.2) is 0 Å². The molecular weight excluding hydrogens is 554 g/mol. The van der Waals surface area contributed by atoms with Crippen molar-refractivity contribution in [2.24, 2.45) is 5.92 Å². The molecule has 7 nitrogen and oxygen atoms in total. The zero-order valence-corrected chi connectivity index (χ0v) is 27.4. The Morgan fingerprint density at radius 1 is 1.09 bits per heavy atom. The van der Waals surface area contributed by atoms with E-state index in [1.165, 1.54) is 10.6 Å². The van der Waals surface area contributed by atoms with Gasteiger partial charge in [-0.1, -0.05) is 52.8 Å². The Kier molecular flexibility index (Phi) is 12.0. The number of hydrogen-bond acceptors (Lipinski definition) is 5. The minimum Gasteiger partial charge on any atom is -0.372 e. The SMILES string of the molecule is CC(C)C.CCC(CC)n1c(Cc2cccs2)nc2cc(C(=O)NCC(=O)NC3CCN(C4=CCCC=C4)CC3)ccc21.[HH].[HH]. The van der Waals surface area contributed by atoms with Crippen LogP contribution < -0.4 is 10.6 Å². The minimum atomic E-state index is -0.255. The van der Waals surface area contributed by atoms with Gasteiger partial charge in [-0.25, -0.2) is 4.98 Å². The second-order valence-corrected chi connectivity index (χ2v) is 13.2. The maximum Gasteiger partial charge on any atom is 0.251 e. The lowest BCUT2D eigenvalue weighted by atomic mass is 10.0. The Labute approximate surface area is 264 Å². The van der Waals surface area contributed by atoms with Crippen molar-refractivity contribution >= 4 is 34.2 Å². The van der Waals surface area contributed by atoms with Crippen molar-refractivity contribution in [1.29, 1.82) is 0 Å². The highest BCUT2D eigenvalue weighted by Gasteiger charge is 2.23. The summed E-state index contributed by atoms with van der Waals surface area (Å²) in [5.41, 5.74) is 3.70. The topological polar surface area (TPSA) is 79.3 Å². The molecule has 43 heavy (non-hydrogen) atoms. The maximum absolute atomic E-state index is 13.0. The Morgan fingerprint density at radius 2 is 1.84 bits per heavy atom. The standard InChI is InChI=1S/C31H39N5O2S.C4H10.2H2/c1-3-24(4-2)36-28-13-12-22(19-27(28)34-29(36)20-26-11-8-18-39-26)31(38)32-21-30(37)33-23-14-16-35(17-15-23)25-9-6-5-7-10-25;1-4(2)3;;/h6,8-13,18-19,23-24H,3-5,7,14-17,20-21H2,1-2H3,(H,32,38)(H,33,37);4H,1-3H3;2*1H. The molecule has 0 unspecified atom stereocenters. The first-order valence-corrected chi connectivity index (χ1v) is 16.9. The number of aromatic nitrogens is 2. The minimum absolute atomic E-state index is 0. The van der Waals surface area contributed by atoms with E-state index in [1.807, 2.05) is 18.2 Å². The molecule has 8 heteroatoms. The fourth-order valence-electron chi connectivity index (χ4n) is 5.70. The average molecular weight is 608 g/mol. The quantitative estimate of drug-likeness (QED) is 0.247. The van der Waals surface area contributed by atoms with Gasteiger partial charge in [0.2, 0.25) is 5.91 Å². The molecule has 1 fully saturated rings. The van der Waals surface area contributed by atoms with Gasteiger partial charge in [-0.15, -0.1) is 11.3 Å². The number of benzene rings is 1. The predicted octanol–water partition coefficient (Wildman–Crippen LogP) is 7.75. The third-order valence-corrected chi connectivity index (χ3v) is 8.73. The van der Waals surface area contributed by atoms with Crippen LogP contribution in [0.4, 0.5) is 0 Å². The molecular formula is C35H53N5O2S. The summed E-state index contributed by atoms with van der Waals surface area (Å²) in [6.07, 6.45) is 13.6. The van der Waals surface area contributed by atoms with Crippen LogP contribution in [0, 0.1) is 5.92 Å². The summed E-state index contributed by atoms with van der Waals surface area (Å²) < 4.78 is 2.34. The van der Waals surface area contributed by atoms with E-state index in [4.69, 9.17) is 4.98 Å². The number of nitrogens with one attached hydrogen (secondary N) is 2. The molecule has 0 spiro atoms. The lowest BCUT2D eigenvalue weighted by molar-refractivity contribution is -0.121. The summed E-state index contributed by atoms with van der Waals surface area (Å²) in [6, 6.07) is 10.4. The van der Waals surface area contributed by atoms with Gasteiger partial charge in [0.05, 0.1) is 17.6 Å². The van der Waals surface area contributed by atoms with E-state index >= 15 is 0 Å². The monoisotopic (exact) mass is 607 g/mol. The number of likely N-dealkylation sites (tertiary alicyclic amines) is 1. The molecule has 0 radical (unpaired) electrons. The van der Waals surface area contributed by atoms with Crippen molar-refractivity contribution in [2.45, 2.75) is 91.6 Å². The third kappa shape index (κ3) is 9.05. The highest BCUT2D eigenvalue weighted by Crippen LogP contribution is 2.28. The van der Waals surface area contributed by atoms with Crippen LogP contribution in [0.15, 0.2) is 59.6 Å². The number of rotatable bonds is 10. The molecule has 2 aromatic heterocycles. The zero-order chi connectivity index (χ0) is 30.8. The molecule has 0 saturated carbocycles. The Balaban J connectivity index is 0.00000111. The number of carbonyl (C=O) groups excluding carboxylic acids is 2. The van der Waals surface area contributed by atoms with E-state index in [-0.39, 0.29) is 27.3 Å². The van der Waals surface area contributed by atoms with Crippen molar-refractivity contribution in [3.05, 3.63) is 75.9 Å². The summed E-state index contributed by atoms with van der Waals surface area (Å²) in [5, 5.41) is 8.00. The third-order valence-electron chi connectivity index (χ3n) is 7.85. The molecule has 3 heterocycles. The van der Waals surface area contributed by atoms with Crippen molar-refractivity contribution < 1.29 is 12.4 Å². The van der Waals surface area contributed by atoms with E-state index in [9.17, 15) is 9.59 Å². The smallest absolute Gasteiger partial charge is 0.251 e. The number of imidazole rings is 1. The van der Waals surface area contributed by atoms with Gasteiger partial charge >= 0.3 is 0 Å². The molecule has 1 saturated heterocycles. The number of allylic oxidation sites excluding steroid dienone is 3. The molecule has 1 aromatic carbocycles. The zero-order valence-electron chi connectivity index (χ0n) is 26.6. The number of amides is 2. The van der Waals surface area contributed by atoms with E-state index in [1.54, 1.807) is 11.3 Å². The van der Waals surface area contributed by atoms with Crippen LogP contribution >= 0.6 is 11.3 Å². The molecule has 0 bridgehead atoms. The molecule has 1 aliphatic heterocycles. The summed E-state index contributed by atoms with van der Waals surface area (Å²) in [4.78, 5) is 34.2. The van der Waals surface area contributed by atoms with E-state index < -0.39 is 0 Å². The van der Waals surface area contributed by atoms with Crippen LogP contribution in [0.1, 0.15) is 103 Å². The molecule has 2 amide bonds. The number of thiophene rings is 1. The van der Waals surface area contributed by atoms with Gasteiger partial charge in [-0.2, -0.15) is 0 Å². The Hall–Kier alpha value is -3.39. The van der Waals surface area contributed by atoms with Crippen LogP contribution in [0.25, 0.3) is 11.0 Å². The normalized spacial score (nSPS) is 15.4. The Bertz CT molecular complexity index is 1400. The lowest BCUT2D eigenvalue weighted by Crippen LogP contribution is -2.47. The second-order valence-electron chi connectivity index (χ2n) is 12.2. The molecule has 5 rings (SSSR count). The lowest BCUT2D eigenvalue weighted by Gasteiger charge is -2.35. The summed E-state index contributed by atoms with van der Waals surface area (Å²) >= 11 is 1.74. The maximum atomic E-state index is 13.0. The van der Waals surface area contributed by atoms with Gasteiger partial charge in [-0.05, 0) is 80.2 Å². The van der Waals surface area contributed by atoms with Gasteiger partial charge in [0.25, 0.3) is 5.91 Å². The summed E-state index contributed by atoms with van der Waals surface area (Å²) in [5.74, 6) is 1.46. The van der Waals surface area contributed by atoms with Crippen molar-refractivity contribution in [3.63, 3.8) is 0 Å². The molecule has 0 atom stereocenters. The largest absolute Gasteiger partial charge is 0.372 e. The van der Waals surface area contributed by atoms with Crippen LogP contribution in [-0.2, 0) is 11.2 Å². The van der Waals surface area contributed by atoms with Gasteiger partial charge in [0, 0.05) is 50.6 Å². The van der Waals surface area contributed by atoms with E-state index in [2.05, 4.69) is 90.5 Å². The summed E-state index contributed by atoms with van der Waals surface area (Å²) in [6.45, 7) is 12.8. The first-order chi connectivity index (χ1) is 20.8. The van der Waals surface area contributed by atoms with Gasteiger partial charge in [-0.3, -0.25) is 9.59 Å². The average Bonchev–Trinajstić information content (AvgIpc) is 3.65. The summed E-state index contributed by atoms with van der Waals surface area (Å²) in [7, 11) is 0. The Morgan fingerprint density at radius 3 is 2.47 bits per heavy atom. The van der Waals surface area contributed by atoms with Crippen molar-refractivity contribution in [1.82, 2.24) is 25.1 Å². The van der Waals surface area contributed by atoms with E-state index in [0.29, 0.717) is 11.6 Å². The van der Waals surface area contributed by atoms with Crippen LogP contribution in [0.2, 0.25) is 0 Å². The highest BCUT2D eigenvalue weighted by molar-refractivity contribution is 7.09.